The van der Waals surface area contributed by atoms with Crippen LogP contribution in [0.5, 0.6) is 0 Å². The number of aromatic nitrogens is 2. The van der Waals surface area contributed by atoms with Crippen molar-refractivity contribution in [3.05, 3.63) is 38.5 Å². The summed E-state index contributed by atoms with van der Waals surface area (Å²) in [7, 11) is 0. The number of nitrogens with two attached hydrogens (primary N) is 2. The number of fused-ring (bicyclic) bond motifs is 1. The van der Waals surface area contributed by atoms with E-state index in [-0.39, 0.29) is 12.1 Å². The Kier molecular flexibility index (Phi) is 4.93. The lowest BCUT2D eigenvalue weighted by Crippen LogP contribution is -2.44. The Morgan fingerprint density at radius 2 is 2.00 bits per heavy atom. The first kappa shape index (κ1) is 19.0. The molecule has 1 saturated carbocycles. The number of nitrogens with zero attached hydrogens (tertiary/aromatic N) is 3. The molecule has 0 bridgehead atoms. The maximum absolute atomic E-state index is 12.7. The molecule has 8 heteroatoms. The first-order valence-corrected chi connectivity index (χ1v) is 10.1. The van der Waals surface area contributed by atoms with Gasteiger partial charge in [-0.1, -0.05) is 0 Å². The van der Waals surface area contributed by atoms with E-state index in [0.717, 1.165) is 53.8 Å². The second kappa shape index (κ2) is 7.25. The first-order chi connectivity index (χ1) is 13.4. The molecule has 2 heterocycles. The van der Waals surface area contributed by atoms with Crippen LogP contribution >= 0.6 is 0 Å². The first-order valence-electron chi connectivity index (χ1n) is 10.1. The molecular weight excluding hydrogens is 358 g/mol. The molecule has 8 nitrogen and oxygen atoms in total. The Morgan fingerprint density at radius 3 is 2.68 bits per heavy atom. The normalized spacial score (nSPS) is 20.8. The second-order valence-electron chi connectivity index (χ2n) is 7.98. The number of ether oxygens (including phenoxy) is 1. The lowest BCUT2D eigenvalue weighted by molar-refractivity contribution is 0.119. The minimum Gasteiger partial charge on any atom is -0.380 e. The molecule has 0 amide bonds. The lowest BCUT2D eigenvalue weighted by atomic mass is 10.0. The number of aryl methyl sites for hydroxylation is 1. The summed E-state index contributed by atoms with van der Waals surface area (Å²) < 4.78 is 7.93. The topological polar surface area (TPSA) is 109 Å². The number of hydrogen-bond acceptors (Lipinski definition) is 6. The zero-order chi connectivity index (χ0) is 20.0. The largest absolute Gasteiger partial charge is 0.380 e. The van der Waals surface area contributed by atoms with Gasteiger partial charge in [0, 0.05) is 37.5 Å². The van der Waals surface area contributed by atoms with E-state index in [4.69, 9.17) is 16.3 Å². The maximum atomic E-state index is 12.7. The minimum absolute atomic E-state index is 0.0137. The van der Waals surface area contributed by atoms with E-state index in [0.29, 0.717) is 24.5 Å². The van der Waals surface area contributed by atoms with Crippen molar-refractivity contribution in [3.8, 4) is 0 Å². The van der Waals surface area contributed by atoms with Crippen LogP contribution in [-0.2, 0) is 4.74 Å². The number of nitrogen functional groups attached to an aromatic ring is 1. The van der Waals surface area contributed by atoms with E-state index in [1.54, 1.807) is 10.6 Å². The van der Waals surface area contributed by atoms with E-state index in [2.05, 4.69) is 4.90 Å². The third kappa shape index (κ3) is 3.10. The van der Waals surface area contributed by atoms with Crippen LogP contribution in [0.25, 0.3) is 10.9 Å². The van der Waals surface area contributed by atoms with E-state index in [1.807, 2.05) is 19.9 Å². The molecule has 4 rings (SSSR count). The van der Waals surface area contributed by atoms with Crippen LogP contribution in [0, 0.1) is 12.8 Å². The molecule has 1 aliphatic carbocycles. The fourth-order valence-corrected chi connectivity index (χ4v) is 4.36. The van der Waals surface area contributed by atoms with Crippen molar-refractivity contribution in [1.29, 1.82) is 0 Å². The fraction of sp³-hybridized carbons (Fsp3) is 0.600. The van der Waals surface area contributed by atoms with Crippen LogP contribution in [-0.4, -0.2) is 41.6 Å². The van der Waals surface area contributed by atoms with Gasteiger partial charge in [0.15, 0.2) is 0 Å². The molecule has 2 atom stereocenters. The van der Waals surface area contributed by atoms with Gasteiger partial charge in [-0.05, 0) is 56.7 Å². The van der Waals surface area contributed by atoms with Crippen LogP contribution in [0.2, 0.25) is 0 Å². The van der Waals surface area contributed by atoms with Crippen LogP contribution in [0.4, 0.5) is 5.69 Å². The molecule has 2 aromatic rings. The van der Waals surface area contributed by atoms with Gasteiger partial charge in [0.05, 0.1) is 17.5 Å². The molecule has 1 saturated heterocycles. The van der Waals surface area contributed by atoms with Gasteiger partial charge in [0.1, 0.15) is 0 Å². The van der Waals surface area contributed by atoms with Gasteiger partial charge in [-0.2, -0.15) is 4.68 Å². The summed E-state index contributed by atoms with van der Waals surface area (Å²) in [4.78, 5) is 27.5. The third-order valence-corrected chi connectivity index (χ3v) is 6.10. The molecule has 152 valence electrons. The summed E-state index contributed by atoms with van der Waals surface area (Å²) in [5.41, 5.74) is 8.17. The molecule has 1 aromatic carbocycles. The van der Waals surface area contributed by atoms with Crippen LogP contribution in [0.15, 0.2) is 21.7 Å². The average Bonchev–Trinajstić information content (AvgIpc) is 3.40. The third-order valence-electron chi connectivity index (χ3n) is 6.10. The summed E-state index contributed by atoms with van der Waals surface area (Å²) in [6, 6.07) is 3.91. The van der Waals surface area contributed by atoms with Crippen LogP contribution in [0.1, 0.15) is 37.8 Å². The van der Waals surface area contributed by atoms with Gasteiger partial charge in [-0.15, -0.1) is 0 Å². The van der Waals surface area contributed by atoms with Gasteiger partial charge in [-0.3, -0.25) is 9.36 Å². The molecule has 1 aliphatic heterocycles. The molecular formula is C20H29N5O3. The zero-order valence-corrected chi connectivity index (χ0v) is 16.6. The second-order valence-corrected chi connectivity index (χ2v) is 7.98. The molecule has 4 N–H and O–H groups in total. The van der Waals surface area contributed by atoms with Crippen LogP contribution < -0.4 is 27.7 Å². The van der Waals surface area contributed by atoms with Crippen molar-refractivity contribution >= 4 is 16.6 Å². The van der Waals surface area contributed by atoms with Gasteiger partial charge in [-0.25, -0.2) is 4.79 Å². The summed E-state index contributed by atoms with van der Waals surface area (Å²) in [6.45, 7) is 6.96. The fourth-order valence-electron chi connectivity index (χ4n) is 4.36. The van der Waals surface area contributed by atoms with E-state index >= 15 is 0 Å². The van der Waals surface area contributed by atoms with Crippen molar-refractivity contribution in [1.82, 2.24) is 9.24 Å². The van der Waals surface area contributed by atoms with E-state index < -0.39 is 11.2 Å². The molecule has 1 aromatic heterocycles. The van der Waals surface area contributed by atoms with E-state index in [9.17, 15) is 9.59 Å². The van der Waals surface area contributed by atoms with Gasteiger partial charge < -0.3 is 21.2 Å². The highest BCUT2D eigenvalue weighted by atomic mass is 16.5. The highest BCUT2D eigenvalue weighted by molar-refractivity contribution is 5.87. The van der Waals surface area contributed by atoms with Gasteiger partial charge in [0.2, 0.25) is 0 Å². The lowest BCUT2D eigenvalue weighted by Gasteiger charge is -2.24. The smallest absolute Gasteiger partial charge is 0.350 e. The molecule has 2 aliphatic rings. The minimum atomic E-state index is -0.440. The number of hydrogen-bond donors (Lipinski definition) is 2. The SMILES string of the molecule is CCOC[C@H](N)[C@@H]1CCN(c2ccc3c(=O)n(N)c(=O)n(C4CC4)c3c2C)C1. The standard InChI is InChI=1S/C20H29N5O3/c1-3-28-11-16(21)13-8-9-23(10-13)17-7-6-15-18(12(17)2)24(14-4-5-14)20(27)25(22)19(15)26/h6-7,13-14,16H,3-5,8-11,21-22H2,1-2H3/t13-,16+/m1/s1. The van der Waals surface area contributed by atoms with Gasteiger partial charge >= 0.3 is 5.69 Å². The molecule has 0 spiro atoms. The summed E-state index contributed by atoms with van der Waals surface area (Å²) in [6.07, 6.45) is 2.88. The Hall–Kier alpha value is -2.32. The van der Waals surface area contributed by atoms with Gasteiger partial charge in [0.25, 0.3) is 5.56 Å². The average molecular weight is 387 g/mol. The Balaban J connectivity index is 1.73. The summed E-state index contributed by atoms with van der Waals surface area (Å²) >= 11 is 0. The monoisotopic (exact) mass is 387 g/mol. The van der Waals surface area contributed by atoms with E-state index in [1.165, 1.54) is 0 Å². The predicted octanol–water partition coefficient (Wildman–Crippen LogP) is 0.710. The Morgan fingerprint density at radius 1 is 1.25 bits per heavy atom. The van der Waals surface area contributed by atoms with Crippen molar-refractivity contribution in [2.45, 2.75) is 45.2 Å². The Bertz CT molecular complexity index is 1010. The summed E-state index contributed by atoms with van der Waals surface area (Å²) in [5, 5.41) is 0.499. The number of rotatable bonds is 6. The van der Waals surface area contributed by atoms with Crippen LogP contribution in [0.3, 0.4) is 0 Å². The highest BCUT2D eigenvalue weighted by Gasteiger charge is 2.32. The molecule has 28 heavy (non-hydrogen) atoms. The van der Waals surface area contributed by atoms with Crippen molar-refractivity contribution in [3.63, 3.8) is 0 Å². The van der Waals surface area contributed by atoms with Crippen molar-refractivity contribution in [2.24, 2.45) is 11.7 Å². The molecule has 2 fully saturated rings. The highest BCUT2D eigenvalue weighted by Crippen LogP contribution is 2.38. The molecule has 0 unspecified atom stereocenters. The van der Waals surface area contributed by atoms with Crippen molar-refractivity contribution < 1.29 is 4.74 Å². The summed E-state index contributed by atoms with van der Waals surface area (Å²) in [5.74, 6) is 6.12. The number of benzene rings is 1. The quantitative estimate of drug-likeness (QED) is 0.707. The molecule has 0 radical (unpaired) electrons. The Labute approximate surface area is 163 Å². The predicted molar refractivity (Wildman–Crippen MR) is 110 cm³/mol. The maximum Gasteiger partial charge on any atom is 0.350 e. The van der Waals surface area contributed by atoms with Crippen molar-refractivity contribution in [2.75, 3.05) is 37.0 Å². The number of anilines is 1. The zero-order valence-electron chi connectivity index (χ0n) is 16.6.